The van der Waals surface area contributed by atoms with Gasteiger partial charge in [-0.2, -0.15) is 0 Å². The first-order valence-electron chi connectivity index (χ1n) is 6.15. The molecule has 3 rings (SSSR count). The van der Waals surface area contributed by atoms with Gasteiger partial charge in [-0.25, -0.2) is 4.98 Å². The molecule has 6 heteroatoms. The van der Waals surface area contributed by atoms with Crippen LogP contribution < -0.4 is 16.6 Å². The molecule has 1 aromatic heterocycles. The van der Waals surface area contributed by atoms with Crippen molar-refractivity contribution in [3.8, 4) is 0 Å². The second-order valence-electron chi connectivity index (χ2n) is 4.77. The Kier molecular flexibility index (Phi) is 2.89. The summed E-state index contributed by atoms with van der Waals surface area (Å²) in [5, 5.41) is 2.99. The van der Waals surface area contributed by atoms with Gasteiger partial charge >= 0.3 is 0 Å². The summed E-state index contributed by atoms with van der Waals surface area (Å²) in [6.45, 7) is 0. The third-order valence-electron chi connectivity index (χ3n) is 3.59. The van der Waals surface area contributed by atoms with Crippen molar-refractivity contribution in [2.45, 2.75) is 37.5 Å². The molecule has 2 aliphatic rings. The summed E-state index contributed by atoms with van der Waals surface area (Å²) in [6, 6.07) is 3.50. The minimum Gasteiger partial charge on any atom is -0.373 e. The topological polar surface area (TPSA) is 89.3 Å². The normalized spacial score (nSPS) is 29.3. The van der Waals surface area contributed by atoms with E-state index in [1.807, 2.05) is 0 Å². The molecule has 2 saturated heterocycles. The summed E-state index contributed by atoms with van der Waals surface area (Å²) in [6.07, 6.45) is 5.12. The predicted molar refractivity (Wildman–Crippen MR) is 65.8 cm³/mol. The van der Waals surface area contributed by atoms with Crippen molar-refractivity contribution in [3.05, 3.63) is 24.0 Å². The first-order valence-corrected chi connectivity index (χ1v) is 6.15. The summed E-state index contributed by atoms with van der Waals surface area (Å²) in [7, 11) is 0. The van der Waals surface area contributed by atoms with E-state index >= 15 is 0 Å². The van der Waals surface area contributed by atoms with E-state index in [1.165, 1.54) is 6.20 Å². The number of nitrogen functional groups attached to an aromatic ring is 1. The maximum atomic E-state index is 12.0. The smallest absolute Gasteiger partial charge is 0.270 e. The summed E-state index contributed by atoms with van der Waals surface area (Å²) in [4.78, 5) is 16.1. The highest BCUT2D eigenvalue weighted by Crippen LogP contribution is 2.34. The second-order valence-corrected chi connectivity index (χ2v) is 4.77. The fourth-order valence-corrected chi connectivity index (χ4v) is 2.65. The van der Waals surface area contributed by atoms with Gasteiger partial charge < -0.3 is 15.5 Å². The first kappa shape index (κ1) is 11.4. The molecule has 2 fully saturated rings. The van der Waals surface area contributed by atoms with E-state index in [9.17, 15) is 4.79 Å². The second kappa shape index (κ2) is 4.55. The monoisotopic (exact) mass is 248 g/mol. The summed E-state index contributed by atoms with van der Waals surface area (Å²) >= 11 is 0. The maximum Gasteiger partial charge on any atom is 0.270 e. The Morgan fingerprint density at radius 1 is 1.44 bits per heavy atom. The minimum atomic E-state index is -0.153. The number of aromatic nitrogens is 1. The number of nitrogens with two attached hydrogens (primary N) is 1. The molecule has 18 heavy (non-hydrogen) atoms. The third kappa shape index (κ3) is 2.04. The molecule has 0 aromatic carbocycles. The van der Waals surface area contributed by atoms with Gasteiger partial charge in [0, 0.05) is 0 Å². The van der Waals surface area contributed by atoms with E-state index < -0.39 is 0 Å². The molecule has 1 aromatic rings. The lowest BCUT2D eigenvalue weighted by molar-refractivity contribution is 0.0837. The zero-order valence-electron chi connectivity index (χ0n) is 9.93. The molecule has 0 saturated carbocycles. The van der Waals surface area contributed by atoms with Crippen molar-refractivity contribution in [1.29, 1.82) is 0 Å². The Hall–Kier alpha value is -1.66. The zero-order valence-corrected chi connectivity index (χ0v) is 9.93. The number of nitrogens with one attached hydrogen (secondary N) is 2. The third-order valence-corrected chi connectivity index (χ3v) is 3.59. The average Bonchev–Trinajstić information content (AvgIpc) is 3.01. The molecule has 3 heterocycles. The Balaban J connectivity index is 1.64. The molecule has 2 aliphatic heterocycles. The molecule has 96 valence electrons. The van der Waals surface area contributed by atoms with Crippen LogP contribution in [0.5, 0.6) is 0 Å². The van der Waals surface area contributed by atoms with Crippen LogP contribution in [0.15, 0.2) is 18.3 Å². The molecule has 4 N–H and O–H groups in total. The number of amides is 1. The Labute approximate surface area is 105 Å². The molecule has 3 atom stereocenters. The molecule has 6 nitrogen and oxygen atoms in total. The lowest BCUT2D eigenvalue weighted by atomic mass is 9.95. The van der Waals surface area contributed by atoms with Crippen LogP contribution in [0.3, 0.4) is 0 Å². The Bertz CT molecular complexity index is 448. The highest BCUT2D eigenvalue weighted by Gasteiger charge is 2.41. The lowest BCUT2D eigenvalue weighted by Crippen LogP contribution is -2.41. The highest BCUT2D eigenvalue weighted by atomic mass is 16.5. The van der Waals surface area contributed by atoms with Crippen LogP contribution in [0.4, 0.5) is 5.69 Å². The van der Waals surface area contributed by atoms with Crippen LogP contribution in [-0.4, -0.2) is 29.1 Å². The number of nitrogens with zero attached hydrogens (tertiary/aromatic N) is 1. The fraction of sp³-hybridized carbons (Fsp3) is 0.500. The van der Waals surface area contributed by atoms with Crippen LogP contribution in [0.2, 0.25) is 0 Å². The van der Waals surface area contributed by atoms with Crippen molar-refractivity contribution >= 4 is 11.6 Å². The van der Waals surface area contributed by atoms with Gasteiger partial charge in [0.15, 0.2) is 0 Å². The number of hydrogen-bond donors (Lipinski definition) is 3. The molecular weight excluding hydrogens is 232 g/mol. The summed E-state index contributed by atoms with van der Waals surface area (Å²) in [5.41, 5.74) is 3.55. The van der Waals surface area contributed by atoms with Crippen molar-refractivity contribution in [3.63, 3.8) is 0 Å². The highest BCUT2D eigenvalue weighted by molar-refractivity contribution is 5.92. The predicted octanol–water partition coefficient (Wildman–Crippen LogP) is 0.417. The average molecular weight is 248 g/mol. The number of carbonyl (C=O) groups is 1. The lowest BCUT2D eigenvalue weighted by Gasteiger charge is -2.19. The molecule has 3 unspecified atom stereocenters. The standard InChI is InChI=1S/C12H16N4O2/c13-16-7-1-3-9(14-6-7)12(17)15-10-5-8-2-4-11(10)18-8/h1,3,6,8,10-11,16H,2,4-5,13H2,(H,15,17). The molecule has 0 radical (unpaired) electrons. The quantitative estimate of drug-likeness (QED) is 0.533. The van der Waals surface area contributed by atoms with E-state index in [1.54, 1.807) is 12.1 Å². The molecule has 1 amide bonds. The minimum absolute atomic E-state index is 0.130. The van der Waals surface area contributed by atoms with Gasteiger partial charge in [-0.05, 0) is 31.4 Å². The Morgan fingerprint density at radius 2 is 2.33 bits per heavy atom. The van der Waals surface area contributed by atoms with Gasteiger partial charge in [0.1, 0.15) is 5.69 Å². The maximum absolute atomic E-state index is 12.0. The number of hydrogen-bond acceptors (Lipinski definition) is 5. The van der Waals surface area contributed by atoms with Gasteiger partial charge in [-0.15, -0.1) is 0 Å². The van der Waals surface area contributed by atoms with Crippen molar-refractivity contribution in [2.24, 2.45) is 5.84 Å². The van der Waals surface area contributed by atoms with E-state index in [0.29, 0.717) is 17.5 Å². The van der Waals surface area contributed by atoms with Gasteiger partial charge in [-0.1, -0.05) is 0 Å². The van der Waals surface area contributed by atoms with E-state index in [0.717, 1.165) is 19.3 Å². The van der Waals surface area contributed by atoms with Crippen LogP contribution >= 0.6 is 0 Å². The van der Waals surface area contributed by atoms with Crippen LogP contribution in [-0.2, 0) is 4.74 Å². The molecular formula is C12H16N4O2. The van der Waals surface area contributed by atoms with Gasteiger partial charge in [-0.3, -0.25) is 10.6 Å². The number of anilines is 1. The molecule has 0 aliphatic carbocycles. The largest absolute Gasteiger partial charge is 0.373 e. The fourth-order valence-electron chi connectivity index (χ4n) is 2.65. The zero-order chi connectivity index (χ0) is 12.5. The molecule has 2 bridgehead atoms. The number of hydrazine groups is 1. The van der Waals surface area contributed by atoms with E-state index in [-0.39, 0.29) is 18.1 Å². The number of rotatable bonds is 3. The van der Waals surface area contributed by atoms with Gasteiger partial charge in [0.2, 0.25) is 0 Å². The number of carbonyl (C=O) groups excluding carboxylic acids is 1. The number of fused-ring (bicyclic) bond motifs is 2. The van der Waals surface area contributed by atoms with Crippen molar-refractivity contribution in [1.82, 2.24) is 10.3 Å². The van der Waals surface area contributed by atoms with Gasteiger partial charge in [0.05, 0.1) is 30.1 Å². The van der Waals surface area contributed by atoms with Crippen LogP contribution in [0.25, 0.3) is 0 Å². The van der Waals surface area contributed by atoms with Crippen LogP contribution in [0, 0.1) is 0 Å². The van der Waals surface area contributed by atoms with E-state index in [4.69, 9.17) is 10.6 Å². The van der Waals surface area contributed by atoms with Crippen molar-refractivity contribution in [2.75, 3.05) is 5.43 Å². The number of ether oxygens (including phenoxy) is 1. The SMILES string of the molecule is NNc1ccc(C(=O)NC2CC3CCC2O3)nc1. The summed E-state index contributed by atoms with van der Waals surface area (Å²) < 4.78 is 5.70. The van der Waals surface area contributed by atoms with Gasteiger partial charge in [0.25, 0.3) is 5.91 Å². The Morgan fingerprint density at radius 3 is 2.89 bits per heavy atom. The summed E-state index contributed by atoms with van der Waals surface area (Å²) in [5.74, 6) is 5.09. The van der Waals surface area contributed by atoms with E-state index in [2.05, 4.69) is 15.7 Å². The van der Waals surface area contributed by atoms with Crippen LogP contribution in [0.1, 0.15) is 29.8 Å². The molecule has 0 spiro atoms. The number of pyridine rings is 1. The van der Waals surface area contributed by atoms with Crippen molar-refractivity contribution < 1.29 is 9.53 Å². The first-order chi connectivity index (χ1) is 8.76.